The highest BCUT2D eigenvalue weighted by molar-refractivity contribution is 6.06. The van der Waals surface area contributed by atoms with E-state index in [2.05, 4.69) is 5.32 Å². The minimum absolute atomic E-state index is 0.235. The summed E-state index contributed by atoms with van der Waals surface area (Å²) in [6.45, 7) is 0. The summed E-state index contributed by atoms with van der Waals surface area (Å²) >= 11 is 0. The van der Waals surface area contributed by atoms with Gasteiger partial charge in [0.15, 0.2) is 11.5 Å². The SMILES string of the molecule is COc1cc(NC(=O)[C@@H]2C[C@H]2C(=O)O)c(C(=O)N(C)C)cc1OC. The number of ether oxygens (including phenoxy) is 2. The van der Waals surface area contributed by atoms with Gasteiger partial charge in [0.05, 0.1) is 37.3 Å². The number of carbonyl (C=O) groups is 3. The normalized spacial score (nSPS) is 18.5. The highest BCUT2D eigenvalue weighted by Crippen LogP contribution is 2.40. The zero-order chi connectivity index (χ0) is 18.0. The number of nitrogens with one attached hydrogen (secondary N) is 1. The molecule has 0 heterocycles. The van der Waals surface area contributed by atoms with Gasteiger partial charge in [-0.1, -0.05) is 0 Å². The summed E-state index contributed by atoms with van der Waals surface area (Å²) < 4.78 is 10.4. The number of rotatable bonds is 6. The molecule has 2 N–H and O–H groups in total. The van der Waals surface area contributed by atoms with Crippen molar-refractivity contribution in [1.29, 1.82) is 0 Å². The van der Waals surface area contributed by atoms with E-state index in [9.17, 15) is 14.4 Å². The third kappa shape index (κ3) is 3.42. The Morgan fingerprint density at radius 2 is 1.71 bits per heavy atom. The molecule has 0 bridgehead atoms. The van der Waals surface area contributed by atoms with Crippen LogP contribution in [0, 0.1) is 11.8 Å². The quantitative estimate of drug-likeness (QED) is 0.805. The number of hydrogen-bond acceptors (Lipinski definition) is 5. The number of carbonyl (C=O) groups excluding carboxylic acids is 2. The number of carboxylic acids is 1. The fourth-order valence-electron chi connectivity index (χ4n) is 2.38. The minimum Gasteiger partial charge on any atom is -0.493 e. The molecule has 1 aromatic carbocycles. The molecule has 0 saturated heterocycles. The van der Waals surface area contributed by atoms with Crippen molar-refractivity contribution in [1.82, 2.24) is 4.90 Å². The fraction of sp³-hybridized carbons (Fsp3) is 0.438. The molecule has 130 valence electrons. The largest absolute Gasteiger partial charge is 0.493 e. The number of amides is 2. The smallest absolute Gasteiger partial charge is 0.307 e. The highest BCUT2D eigenvalue weighted by Gasteiger charge is 2.48. The third-order valence-corrected chi connectivity index (χ3v) is 3.86. The molecule has 2 amide bonds. The summed E-state index contributed by atoms with van der Waals surface area (Å²) in [4.78, 5) is 36.8. The number of nitrogens with zero attached hydrogens (tertiary/aromatic N) is 1. The van der Waals surface area contributed by atoms with Crippen LogP contribution < -0.4 is 14.8 Å². The van der Waals surface area contributed by atoms with Crippen molar-refractivity contribution < 1.29 is 29.0 Å². The highest BCUT2D eigenvalue weighted by atomic mass is 16.5. The molecule has 1 aliphatic carbocycles. The van der Waals surface area contributed by atoms with Crippen LogP contribution in [0.4, 0.5) is 5.69 Å². The Morgan fingerprint density at radius 1 is 1.12 bits per heavy atom. The topological polar surface area (TPSA) is 105 Å². The van der Waals surface area contributed by atoms with Crippen molar-refractivity contribution in [2.24, 2.45) is 11.8 Å². The molecule has 24 heavy (non-hydrogen) atoms. The number of methoxy groups -OCH3 is 2. The van der Waals surface area contributed by atoms with Gasteiger partial charge in [-0.25, -0.2) is 0 Å². The molecular weight excluding hydrogens is 316 g/mol. The molecule has 0 unspecified atom stereocenters. The van der Waals surface area contributed by atoms with E-state index in [-0.39, 0.29) is 17.2 Å². The maximum absolute atomic E-state index is 12.4. The first-order valence-corrected chi connectivity index (χ1v) is 7.31. The van der Waals surface area contributed by atoms with Gasteiger partial charge in [0.25, 0.3) is 5.91 Å². The number of carboxylic acid groups (broad SMARTS) is 1. The number of benzene rings is 1. The standard InChI is InChI=1S/C16H20N2O6/c1-18(2)15(20)10-6-12(23-3)13(24-4)7-11(10)17-14(19)8-5-9(8)16(21)22/h6-9H,5H2,1-4H3,(H,17,19)(H,21,22)/t8-,9-/m1/s1. The van der Waals surface area contributed by atoms with Crippen LogP contribution in [0.5, 0.6) is 11.5 Å². The summed E-state index contributed by atoms with van der Waals surface area (Å²) in [7, 11) is 6.07. The average Bonchev–Trinajstić information content (AvgIpc) is 3.34. The van der Waals surface area contributed by atoms with Crippen LogP contribution in [0.25, 0.3) is 0 Å². The molecule has 0 spiro atoms. The predicted octanol–water partition coefficient (Wildman–Crippen LogP) is 1.06. The first-order valence-electron chi connectivity index (χ1n) is 7.31. The maximum Gasteiger partial charge on any atom is 0.307 e. The second kappa shape index (κ2) is 6.77. The van der Waals surface area contributed by atoms with E-state index in [0.717, 1.165) is 0 Å². The van der Waals surface area contributed by atoms with Gasteiger partial charge in [-0.2, -0.15) is 0 Å². The lowest BCUT2D eigenvalue weighted by Crippen LogP contribution is -2.25. The Kier molecular flexibility index (Phi) is 4.96. The average molecular weight is 336 g/mol. The zero-order valence-corrected chi connectivity index (χ0v) is 14.0. The van der Waals surface area contributed by atoms with Crippen molar-refractivity contribution in [3.05, 3.63) is 17.7 Å². The molecule has 0 radical (unpaired) electrons. The van der Waals surface area contributed by atoms with Crippen LogP contribution in [-0.2, 0) is 9.59 Å². The molecule has 8 heteroatoms. The molecule has 1 aliphatic rings. The first-order chi connectivity index (χ1) is 11.3. The minimum atomic E-state index is -0.993. The van der Waals surface area contributed by atoms with E-state index in [1.165, 1.54) is 31.3 Å². The van der Waals surface area contributed by atoms with E-state index in [0.29, 0.717) is 17.9 Å². The molecule has 2 rings (SSSR count). The lowest BCUT2D eigenvalue weighted by atomic mass is 10.1. The van der Waals surface area contributed by atoms with Gasteiger partial charge in [0, 0.05) is 20.2 Å². The number of anilines is 1. The van der Waals surface area contributed by atoms with E-state index < -0.39 is 23.7 Å². The predicted molar refractivity (Wildman–Crippen MR) is 85.4 cm³/mol. The second-order valence-electron chi connectivity index (χ2n) is 5.73. The molecule has 1 fully saturated rings. The lowest BCUT2D eigenvalue weighted by molar-refractivity contribution is -0.139. The Morgan fingerprint density at radius 3 is 2.17 bits per heavy atom. The summed E-state index contributed by atoms with van der Waals surface area (Å²) in [5.41, 5.74) is 0.492. The van der Waals surface area contributed by atoms with Gasteiger partial charge in [-0.3, -0.25) is 14.4 Å². The van der Waals surface area contributed by atoms with Gasteiger partial charge in [-0.15, -0.1) is 0 Å². The van der Waals surface area contributed by atoms with E-state index >= 15 is 0 Å². The van der Waals surface area contributed by atoms with Gasteiger partial charge in [0.1, 0.15) is 0 Å². The van der Waals surface area contributed by atoms with Gasteiger partial charge < -0.3 is 24.8 Å². The van der Waals surface area contributed by atoms with E-state index in [1.54, 1.807) is 14.1 Å². The molecule has 2 atom stereocenters. The molecule has 1 aromatic rings. The van der Waals surface area contributed by atoms with Gasteiger partial charge >= 0.3 is 5.97 Å². The van der Waals surface area contributed by atoms with Crippen molar-refractivity contribution in [2.75, 3.05) is 33.6 Å². The fourth-order valence-corrected chi connectivity index (χ4v) is 2.38. The van der Waals surface area contributed by atoms with Crippen LogP contribution in [0.15, 0.2) is 12.1 Å². The Labute approximate surface area is 139 Å². The summed E-state index contributed by atoms with van der Waals surface area (Å²) in [5, 5.41) is 11.6. The summed E-state index contributed by atoms with van der Waals surface area (Å²) in [6.07, 6.45) is 0.297. The summed E-state index contributed by atoms with van der Waals surface area (Å²) in [6, 6.07) is 2.98. The Hall–Kier alpha value is -2.77. The monoisotopic (exact) mass is 336 g/mol. The van der Waals surface area contributed by atoms with E-state index in [1.807, 2.05) is 0 Å². The van der Waals surface area contributed by atoms with Crippen LogP contribution in [0.2, 0.25) is 0 Å². The van der Waals surface area contributed by atoms with Crippen molar-refractivity contribution in [3.8, 4) is 11.5 Å². The molecule has 0 aromatic heterocycles. The van der Waals surface area contributed by atoms with Crippen LogP contribution in [0.3, 0.4) is 0 Å². The molecule has 8 nitrogen and oxygen atoms in total. The Balaban J connectivity index is 2.34. The summed E-state index contributed by atoms with van der Waals surface area (Å²) in [5.74, 6) is -2.29. The van der Waals surface area contributed by atoms with Gasteiger partial charge in [-0.05, 0) is 12.5 Å². The Bertz CT molecular complexity index is 685. The number of hydrogen-bond donors (Lipinski definition) is 2. The van der Waals surface area contributed by atoms with E-state index in [4.69, 9.17) is 14.6 Å². The second-order valence-corrected chi connectivity index (χ2v) is 5.73. The van der Waals surface area contributed by atoms with Crippen LogP contribution in [0.1, 0.15) is 16.8 Å². The first kappa shape index (κ1) is 17.6. The third-order valence-electron chi connectivity index (χ3n) is 3.86. The lowest BCUT2D eigenvalue weighted by Gasteiger charge is -2.18. The van der Waals surface area contributed by atoms with Crippen LogP contribution in [-0.4, -0.2) is 56.1 Å². The molecular formula is C16H20N2O6. The molecule has 1 saturated carbocycles. The maximum atomic E-state index is 12.4. The zero-order valence-electron chi connectivity index (χ0n) is 14.0. The van der Waals surface area contributed by atoms with Crippen molar-refractivity contribution >= 4 is 23.5 Å². The van der Waals surface area contributed by atoms with Crippen molar-refractivity contribution in [2.45, 2.75) is 6.42 Å². The molecule has 0 aliphatic heterocycles. The number of aliphatic carboxylic acids is 1. The van der Waals surface area contributed by atoms with Gasteiger partial charge in [0.2, 0.25) is 5.91 Å². The van der Waals surface area contributed by atoms with Crippen molar-refractivity contribution in [3.63, 3.8) is 0 Å². The van der Waals surface area contributed by atoms with Crippen LogP contribution >= 0.6 is 0 Å².